The van der Waals surface area contributed by atoms with Crippen molar-refractivity contribution >= 4 is 32.9 Å². The summed E-state index contributed by atoms with van der Waals surface area (Å²) < 4.78 is 15.8. The third-order valence-electron chi connectivity index (χ3n) is 5.26. The number of aromatic nitrogens is 3. The smallest absolute Gasteiger partial charge is 0.132 e. The standard InChI is InChI=1S/C23H24FN3OS2/c1-15(23-25-9-11-29-23)16-7-8-19(24)18(12-16)21-22-20(26-14-27-21)13-17(30-22)6-4-2-3-5-10-28/h7-9,11-15,28H,2-6,10H2,1H3. The number of aliphatic hydroxyl groups excluding tert-OH is 1. The highest BCUT2D eigenvalue weighted by Gasteiger charge is 2.18. The normalized spacial score (nSPS) is 12.5. The number of benzene rings is 1. The molecule has 4 aromatic rings. The van der Waals surface area contributed by atoms with Gasteiger partial charge in [0.25, 0.3) is 0 Å². The van der Waals surface area contributed by atoms with Crippen LogP contribution in [0.25, 0.3) is 21.5 Å². The van der Waals surface area contributed by atoms with Crippen LogP contribution in [0.15, 0.2) is 42.2 Å². The fourth-order valence-corrected chi connectivity index (χ4v) is 5.45. The Labute approximate surface area is 183 Å². The van der Waals surface area contributed by atoms with Gasteiger partial charge in [-0.2, -0.15) is 0 Å². The number of halogens is 1. The fraction of sp³-hybridized carbons (Fsp3) is 0.348. The van der Waals surface area contributed by atoms with Crippen molar-refractivity contribution in [2.75, 3.05) is 6.61 Å². The Bertz CT molecular complexity index is 1110. The van der Waals surface area contributed by atoms with Crippen molar-refractivity contribution in [1.29, 1.82) is 0 Å². The quantitative estimate of drug-likeness (QED) is 0.314. The van der Waals surface area contributed by atoms with Gasteiger partial charge in [-0.3, -0.25) is 0 Å². The number of thiazole rings is 1. The predicted molar refractivity (Wildman–Crippen MR) is 122 cm³/mol. The summed E-state index contributed by atoms with van der Waals surface area (Å²) in [6.07, 6.45) is 8.36. The summed E-state index contributed by atoms with van der Waals surface area (Å²) in [4.78, 5) is 14.5. The maximum Gasteiger partial charge on any atom is 0.132 e. The predicted octanol–water partition coefficient (Wildman–Crippen LogP) is 6.20. The first kappa shape index (κ1) is 21.0. The summed E-state index contributed by atoms with van der Waals surface area (Å²) in [6.45, 7) is 2.35. The second kappa shape index (κ2) is 9.73. The number of aliphatic hydroxyl groups is 1. The molecule has 0 spiro atoms. The number of hydrogen-bond donors (Lipinski definition) is 1. The zero-order chi connectivity index (χ0) is 20.9. The van der Waals surface area contributed by atoms with E-state index in [-0.39, 0.29) is 18.3 Å². The maximum absolute atomic E-state index is 14.8. The maximum atomic E-state index is 14.8. The highest BCUT2D eigenvalue weighted by molar-refractivity contribution is 7.19. The van der Waals surface area contributed by atoms with Crippen LogP contribution in [0.4, 0.5) is 4.39 Å². The summed E-state index contributed by atoms with van der Waals surface area (Å²) in [5.41, 5.74) is 3.06. The van der Waals surface area contributed by atoms with Crippen LogP contribution >= 0.6 is 22.7 Å². The van der Waals surface area contributed by atoms with E-state index in [2.05, 4.69) is 27.9 Å². The van der Waals surface area contributed by atoms with Gasteiger partial charge in [0.15, 0.2) is 0 Å². The molecule has 4 rings (SSSR count). The molecular weight excluding hydrogens is 417 g/mol. The molecule has 7 heteroatoms. The van der Waals surface area contributed by atoms with E-state index in [1.807, 2.05) is 17.5 Å². The number of nitrogens with zero attached hydrogens (tertiary/aromatic N) is 3. The van der Waals surface area contributed by atoms with Crippen molar-refractivity contribution in [3.63, 3.8) is 0 Å². The average molecular weight is 442 g/mol. The van der Waals surface area contributed by atoms with Crippen molar-refractivity contribution in [3.05, 3.63) is 63.4 Å². The van der Waals surface area contributed by atoms with Crippen LogP contribution in [-0.4, -0.2) is 26.7 Å². The summed E-state index contributed by atoms with van der Waals surface area (Å²) >= 11 is 3.26. The first-order valence-electron chi connectivity index (χ1n) is 10.2. The van der Waals surface area contributed by atoms with Crippen LogP contribution in [0, 0.1) is 5.82 Å². The monoisotopic (exact) mass is 441 g/mol. The molecular formula is C23H24FN3OS2. The third kappa shape index (κ3) is 4.58. The van der Waals surface area contributed by atoms with Gasteiger partial charge in [-0.1, -0.05) is 25.8 Å². The zero-order valence-electron chi connectivity index (χ0n) is 16.8. The molecule has 0 radical (unpaired) electrons. The van der Waals surface area contributed by atoms with Gasteiger partial charge >= 0.3 is 0 Å². The van der Waals surface area contributed by atoms with Gasteiger partial charge in [-0.05, 0) is 43.0 Å². The highest BCUT2D eigenvalue weighted by atomic mass is 32.1. The van der Waals surface area contributed by atoms with Gasteiger partial charge in [-0.15, -0.1) is 22.7 Å². The molecule has 0 aliphatic heterocycles. The number of rotatable bonds is 9. The molecule has 0 fully saturated rings. The molecule has 0 amide bonds. The topological polar surface area (TPSA) is 58.9 Å². The summed E-state index contributed by atoms with van der Waals surface area (Å²) in [5.74, 6) is -0.177. The van der Waals surface area contributed by atoms with E-state index in [0.717, 1.165) is 52.9 Å². The van der Waals surface area contributed by atoms with E-state index in [0.29, 0.717) is 11.3 Å². The first-order chi connectivity index (χ1) is 14.7. The Balaban J connectivity index is 1.63. The molecule has 1 unspecified atom stereocenters. The van der Waals surface area contributed by atoms with Crippen LogP contribution in [0.5, 0.6) is 0 Å². The number of fused-ring (bicyclic) bond motifs is 1. The number of thiophene rings is 1. The Morgan fingerprint density at radius 3 is 2.73 bits per heavy atom. The van der Waals surface area contributed by atoms with E-state index in [1.54, 1.807) is 28.9 Å². The Morgan fingerprint density at radius 2 is 1.93 bits per heavy atom. The largest absolute Gasteiger partial charge is 0.396 e. The zero-order valence-corrected chi connectivity index (χ0v) is 18.5. The van der Waals surface area contributed by atoms with Crippen LogP contribution in [0.1, 0.15) is 54.0 Å². The average Bonchev–Trinajstić information content (AvgIpc) is 3.43. The number of aryl methyl sites for hydroxylation is 1. The van der Waals surface area contributed by atoms with Crippen molar-refractivity contribution < 1.29 is 9.50 Å². The van der Waals surface area contributed by atoms with Crippen LogP contribution in [-0.2, 0) is 6.42 Å². The van der Waals surface area contributed by atoms with E-state index in [1.165, 1.54) is 17.3 Å². The molecule has 3 aromatic heterocycles. The van der Waals surface area contributed by atoms with Crippen molar-refractivity contribution in [3.8, 4) is 11.3 Å². The van der Waals surface area contributed by atoms with Crippen LogP contribution in [0.2, 0.25) is 0 Å². The molecule has 1 aromatic carbocycles. The van der Waals surface area contributed by atoms with E-state index < -0.39 is 0 Å². The second-order valence-electron chi connectivity index (χ2n) is 7.37. The molecule has 0 aliphatic rings. The summed E-state index contributed by atoms with van der Waals surface area (Å²) in [5, 5.41) is 11.9. The van der Waals surface area contributed by atoms with E-state index in [9.17, 15) is 4.39 Å². The molecule has 156 valence electrons. The Kier molecular flexibility index (Phi) is 6.82. The van der Waals surface area contributed by atoms with Crippen molar-refractivity contribution in [2.24, 2.45) is 0 Å². The molecule has 0 saturated heterocycles. The molecule has 1 N–H and O–H groups in total. The lowest BCUT2D eigenvalue weighted by atomic mass is 9.98. The lowest BCUT2D eigenvalue weighted by molar-refractivity contribution is 0.282. The Hall–Kier alpha value is -2.22. The number of hydrogen-bond acceptors (Lipinski definition) is 6. The molecule has 30 heavy (non-hydrogen) atoms. The number of unbranched alkanes of at least 4 members (excludes halogenated alkanes) is 3. The first-order valence-corrected chi connectivity index (χ1v) is 11.9. The molecule has 1 atom stereocenters. The van der Waals surface area contributed by atoms with Crippen molar-refractivity contribution in [2.45, 2.75) is 44.9 Å². The van der Waals surface area contributed by atoms with E-state index >= 15 is 0 Å². The van der Waals surface area contributed by atoms with Gasteiger partial charge in [0.2, 0.25) is 0 Å². The minimum Gasteiger partial charge on any atom is -0.396 e. The highest BCUT2D eigenvalue weighted by Crippen LogP contribution is 2.36. The summed E-state index contributed by atoms with van der Waals surface area (Å²) in [6, 6.07) is 7.35. The molecule has 4 nitrogen and oxygen atoms in total. The van der Waals surface area contributed by atoms with Crippen LogP contribution < -0.4 is 0 Å². The van der Waals surface area contributed by atoms with Crippen molar-refractivity contribution in [1.82, 2.24) is 15.0 Å². The molecule has 0 saturated carbocycles. The lowest BCUT2D eigenvalue weighted by Gasteiger charge is -2.12. The van der Waals surface area contributed by atoms with Gasteiger partial charge in [0.05, 0.1) is 20.9 Å². The van der Waals surface area contributed by atoms with Gasteiger partial charge < -0.3 is 5.11 Å². The minimum absolute atomic E-state index is 0.0968. The SMILES string of the molecule is CC(c1ccc(F)c(-c2ncnc3cc(CCCCCCO)sc23)c1)c1nccs1. The Morgan fingerprint density at radius 1 is 1.07 bits per heavy atom. The van der Waals surface area contributed by atoms with Gasteiger partial charge in [0.1, 0.15) is 12.1 Å². The molecule has 0 bridgehead atoms. The van der Waals surface area contributed by atoms with Gasteiger partial charge in [0, 0.05) is 34.5 Å². The minimum atomic E-state index is -0.274. The lowest BCUT2D eigenvalue weighted by Crippen LogP contribution is -1.98. The van der Waals surface area contributed by atoms with Crippen LogP contribution in [0.3, 0.4) is 0 Å². The second-order valence-corrected chi connectivity index (χ2v) is 9.43. The molecule has 3 heterocycles. The van der Waals surface area contributed by atoms with Gasteiger partial charge in [-0.25, -0.2) is 19.3 Å². The molecule has 0 aliphatic carbocycles. The van der Waals surface area contributed by atoms with E-state index in [4.69, 9.17) is 5.11 Å². The fourth-order valence-electron chi connectivity index (χ4n) is 3.57. The third-order valence-corrected chi connectivity index (χ3v) is 7.41. The summed E-state index contributed by atoms with van der Waals surface area (Å²) in [7, 11) is 0.